The van der Waals surface area contributed by atoms with E-state index < -0.39 is 12.1 Å². The van der Waals surface area contributed by atoms with Crippen LogP contribution in [0.4, 0.5) is 4.79 Å². The Morgan fingerprint density at radius 1 is 1.17 bits per heavy atom. The summed E-state index contributed by atoms with van der Waals surface area (Å²) >= 11 is 0. The van der Waals surface area contributed by atoms with Crippen molar-refractivity contribution < 1.29 is 14.3 Å². The number of fused-ring (bicyclic) bond motifs is 1. The van der Waals surface area contributed by atoms with Gasteiger partial charge in [-0.1, -0.05) is 44.2 Å². The van der Waals surface area contributed by atoms with Gasteiger partial charge < -0.3 is 19.9 Å². The molecular weight excluding hydrogens is 444 g/mol. The van der Waals surface area contributed by atoms with E-state index >= 15 is 0 Å². The second kappa shape index (κ2) is 9.32. The van der Waals surface area contributed by atoms with E-state index in [0.717, 1.165) is 40.9 Å². The van der Waals surface area contributed by atoms with Gasteiger partial charge in [-0.25, -0.2) is 14.8 Å². The third-order valence-corrected chi connectivity index (χ3v) is 6.58. The largest absolute Gasteiger partial charge is 0.453 e. The van der Waals surface area contributed by atoms with Gasteiger partial charge >= 0.3 is 6.09 Å². The maximum absolute atomic E-state index is 13.4. The fraction of sp³-hybridized carbons (Fsp3) is 0.346. The first kappa shape index (κ1) is 22.8. The van der Waals surface area contributed by atoms with Crippen LogP contribution in [-0.2, 0) is 9.53 Å². The molecular formula is C26H28N6O3. The van der Waals surface area contributed by atoms with E-state index in [1.165, 1.54) is 7.11 Å². The van der Waals surface area contributed by atoms with E-state index in [1.807, 2.05) is 44.5 Å². The molecule has 3 aliphatic heterocycles. The maximum Gasteiger partial charge on any atom is 0.407 e. The Kier molecular flexibility index (Phi) is 6.07. The number of nitrogens with one attached hydrogen (secondary N) is 2. The van der Waals surface area contributed by atoms with Gasteiger partial charge in [0.1, 0.15) is 11.7 Å². The number of ether oxygens (including phenoxy) is 1. The van der Waals surface area contributed by atoms with Gasteiger partial charge in [0.15, 0.2) is 5.84 Å². The van der Waals surface area contributed by atoms with E-state index in [-0.39, 0.29) is 17.9 Å². The van der Waals surface area contributed by atoms with Crippen LogP contribution in [-0.4, -0.2) is 65.9 Å². The Morgan fingerprint density at radius 2 is 1.97 bits per heavy atom. The van der Waals surface area contributed by atoms with Gasteiger partial charge in [-0.2, -0.15) is 0 Å². The van der Waals surface area contributed by atoms with E-state index in [4.69, 9.17) is 9.73 Å². The van der Waals surface area contributed by atoms with Gasteiger partial charge in [0.2, 0.25) is 5.91 Å². The number of alkyl carbamates (subject to hydrolysis) is 1. The quantitative estimate of drug-likeness (QED) is 0.693. The van der Waals surface area contributed by atoms with Gasteiger partial charge in [0.25, 0.3) is 0 Å². The molecule has 0 aliphatic carbocycles. The summed E-state index contributed by atoms with van der Waals surface area (Å²) < 4.78 is 4.71. The Hall–Kier alpha value is -4.01. The van der Waals surface area contributed by atoms with Crippen LogP contribution in [0.25, 0.3) is 17.0 Å². The highest BCUT2D eigenvalue weighted by atomic mass is 16.5. The SMILES string of the molecule is COC(=O)N[C@H](C(=O)N1CCCC1C1=N/C(=C2\N=Cc3c2c[nH]c3-c2ccccc2)C=N1)C(C)C. The highest BCUT2D eigenvalue weighted by Gasteiger charge is 2.38. The number of benzene rings is 1. The minimum absolute atomic E-state index is 0.0896. The van der Waals surface area contributed by atoms with Crippen molar-refractivity contribution in [2.45, 2.75) is 38.8 Å². The fourth-order valence-electron chi connectivity index (χ4n) is 4.77. The summed E-state index contributed by atoms with van der Waals surface area (Å²) in [5.74, 6) is 0.362. The van der Waals surface area contributed by atoms with Gasteiger partial charge in [-0.15, -0.1) is 0 Å². The molecule has 2 N–H and O–H groups in total. The van der Waals surface area contributed by atoms with Crippen molar-refractivity contribution in [1.29, 1.82) is 0 Å². The topological polar surface area (TPSA) is 112 Å². The Morgan fingerprint density at radius 3 is 2.71 bits per heavy atom. The molecule has 4 heterocycles. The lowest BCUT2D eigenvalue weighted by molar-refractivity contribution is -0.134. The molecule has 2 aromatic rings. The zero-order valence-electron chi connectivity index (χ0n) is 20.0. The minimum Gasteiger partial charge on any atom is -0.453 e. The molecule has 0 saturated carbocycles. The molecule has 0 radical (unpaired) electrons. The lowest BCUT2D eigenvalue weighted by atomic mass is 10.0. The maximum atomic E-state index is 13.4. The number of carbonyl (C=O) groups excluding carboxylic acids is 2. The standard InChI is InChI=1S/C26H28N6O3/c1-15(2)21(31-26(34)35-3)25(33)32-11-7-10-20(32)24-29-14-19(30-24)23-18-13-27-22(17(18)12-28-23)16-8-5-4-6-9-16/h4-6,8-9,12-15,20-21,27H,7,10-11H2,1-3H3,(H,31,34)/b23-19-/t20?,21-/m0/s1. The van der Waals surface area contributed by atoms with Crippen molar-refractivity contribution in [2.75, 3.05) is 13.7 Å². The highest BCUT2D eigenvalue weighted by molar-refractivity contribution is 6.12. The summed E-state index contributed by atoms with van der Waals surface area (Å²) in [5, 5.41) is 2.67. The number of rotatable bonds is 5. The number of aliphatic imine (C=N–C) groups is 3. The molecule has 35 heavy (non-hydrogen) atoms. The van der Waals surface area contributed by atoms with Gasteiger partial charge in [0.05, 0.1) is 30.8 Å². The first-order chi connectivity index (χ1) is 17.0. The number of nitrogens with zero attached hydrogens (tertiary/aromatic N) is 4. The van der Waals surface area contributed by atoms with E-state index in [9.17, 15) is 9.59 Å². The molecule has 3 aliphatic rings. The molecule has 9 heteroatoms. The number of aromatic amines is 1. The lowest BCUT2D eigenvalue weighted by Crippen LogP contribution is -2.53. The number of amides is 2. The number of aromatic nitrogens is 1. The van der Waals surface area contributed by atoms with Gasteiger partial charge in [-0.05, 0) is 24.3 Å². The first-order valence-electron chi connectivity index (χ1n) is 11.8. The van der Waals surface area contributed by atoms with Crippen molar-refractivity contribution in [1.82, 2.24) is 15.2 Å². The number of carbonyl (C=O) groups is 2. The number of allylic oxidation sites excluding steroid dienone is 1. The molecule has 2 atom stereocenters. The molecule has 1 aromatic carbocycles. The second-order valence-corrected chi connectivity index (χ2v) is 9.12. The van der Waals surface area contributed by atoms with Crippen LogP contribution in [0.3, 0.4) is 0 Å². The Labute approximate surface area is 203 Å². The highest BCUT2D eigenvalue weighted by Crippen LogP contribution is 2.36. The van der Waals surface area contributed by atoms with Crippen molar-refractivity contribution in [3.8, 4) is 11.3 Å². The predicted octanol–water partition coefficient (Wildman–Crippen LogP) is 3.64. The summed E-state index contributed by atoms with van der Waals surface area (Å²) in [4.78, 5) is 44.3. The van der Waals surface area contributed by atoms with Crippen molar-refractivity contribution in [3.63, 3.8) is 0 Å². The number of likely N-dealkylation sites (tertiary alicyclic amines) is 1. The number of H-pyrrole nitrogens is 1. The van der Waals surface area contributed by atoms with Crippen LogP contribution < -0.4 is 5.32 Å². The third kappa shape index (κ3) is 4.18. The summed E-state index contributed by atoms with van der Waals surface area (Å²) in [5.41, 5.74) is 5.57. The molecule has 0 bridgehead atoms. The van der Waals surface area contributed by atoms with Crippen LogP contribution in [0.15, 0.2) is 57.2 Å². The van der Waals surface area contributed by atoms with Crippen LogP contribution in [0.1, 0.15) is 37.8 Å². The molecule has 1 unspecified atom stereocenters. The molecule has 1 aromatic heterocycles. The third-order valence-electron chi connectivity index (χ3n) is 6.58. The number of methoxy groups -OCH3 is 1. The summed E-state index contributed by atoms with van der Waals surface area (Å²) in [7, 11) is 1.29. The Balaban J connectivity index is 1.40. The second-order valence-electron chi connectivity index (χ2n) is 9.12. The number of hydrogen-bond donors (Lipinski definition) is 2. The molecule has 1 saturated heterocycles. The van der Waals surface area contributed by atoms with E-state index in [0.29, 0.717) is 18.1 Å². The molecule has 2 amide bonds. The fourth-order valence-corrected chi connectivity index (χ4v) is 4.77. The average molecular weight is 473 g/mol. The molecule has 1 fully saturated rings. The molecule has 180 valence electrons. The van der Waals surface area contributed by atoms with Crippen LogP contribution in [0.5, 0.6) is 0 Å². The summed E-state index contributed by atoms with van der Waals surface area (Å²) in [6.07, 6.45) is 6.53. The summed E-state index contributed by atoms with van der Waals surface area (Å²) in [6.45, 7) is 4.39. The van der Waals surface area contributed by atoms with Gasteiger partial charge in [-0.3, -0.25) is 9.79 Å². The monoisotopic (exact) mass is 472 g/mol. The van der Waals surface area contributed by atoms with E-state index in [1.54, 1.807) is 11.1 Å². The molecule has 5 rings (SSSR count). The zero-order valence-corrected chi connectivity index (χ0v) is 20.0. The molecule has 9 nitrogen and oxygen atoms in total. The predicted molar refractivity (Wildman–Crippen MR) is 136 cm³/mol. The number of amidine groups is 1. The van der Waals surface area contributed by atoms with Crippen molar-refractivity contribution in [2.24, 2.45) is 20.9 Å². The lowest BCUT2D eigenvalue weighted by Gasteiger charge is -2.30. The average Bonchev–Trinajstić information content (AvgIpc) is 3.65. The van der Waals surface area contributed by atoms with Crippen LogP contribution in [0, 0.1) is 5.92 Å². The normalized spacial score (nSPS) is 21.4. The van der Waals surface area contributed by atoms with Crippen LogP contribution in [0.2, 0.25) is 0 Å². The van der Waals surface area contributed by atoms with Crippen LogP contribution >= 0.6 is 0 Å². The van der Waals surface area contributed by atoms with E-state index in [2.05, 4.69) is 32.4 Å². The van der Waals surface area contributed by atoms with Gasteiger partial charge in [0, 0.05) is 30.1 Å². The minimum atomic E-state index is -0.676. The molecule has 0 spiro atoms. The van der Waals surface area contributed by atoms with Crippen molar-refractivity contribution in [3.05, 3.63) is 53.4 Å². The summed E-state index contributed by atoms with van der Waals surface area (Å²) in [6, 6.07) is 9.21. The smallest absolute Gasteiger partial charge is 0.407 e. The Bertz CT molecular complexity index is 1270. The zero-order chi connectivity index (χ0) is 24.5. The number of hydrogen-bond acceptors (Lipinski definition) is 6. The van der Waals surface area contributed by atoms with Crippen molar-refractivity contribution >= 4 is 36.0 Å². The first-order valence-corrected chi connectivity index (χ1v) is 11.8.